The lowest BCUT2D eigenvalue weighted by molar-refractivity contribution is -0.138. The lowest BCUT2D eigenvalue weighted by Crippen LogP contribution is -2.43. The quantitative estimate of drug-likeness (QED) is 0.817. The molecule has 1 heterocycles. The molecule has 0 spiro atoms. The molecular formula is C14H26N2O. The highest BCUT2D eigenvalue weighted by molar-refractivity contribution is 5.80. The number of likely N-dealkylation sites (tertiary alicyclic amines) is 1. The van der Waals surface area contributed by atoms with Crippen molar-refractivity contribution in [2.24, 2.45) is 23.5 Å². The molecule has 3 heteroatoms. The summed E-state index contributed by atoms with van der Waals surface area (Å²) in [7, 11) is 0. The van der Waals surface area contributed by atoms with Gasteiger partial charge >= 0.3 is 0 Å². The summed E-state index contributed by atoms with van der Waals surface area (Å²) in [6, 6.07) is 0.474. The van der Waals surface area contributed by atoms with Gasteiger partial charge in [-0.25, -0.2) is 0 Å². The highest BCUT2D eigenvalue weighted by atomic mass is 16.2. The maximum Gasteiger partial charge on any atom is 0.226 e. The van der Waals surface area contributed by atoms with Crippen molar-refractivity contribution in [3.05, 3.63) is 0 Å². The summed E-state index contributed by atoms with van der Waals surface area (Å²) in [5.74, 6) is 1.64. The Morgan fingerprint density at radius 2 is 2.06 bits per heavy atom. The van der Waals surface area contributed by atoms with Gasteiger partial charge in [-0.15, -0.1) is 0 Å². The summed E-state index contributed by atoms with van der Waals surface area (Å²) in [5.41, 5.74) is 5.78. The third-order valence-electron chi connectivity index (χ3n) is 4.63. The van der Waals surface area contributed by atoms with Crippen LogP contribution in [-0.4, -0.2) is 29.9 Å². The fraction of sp³-hybridized carbons (Fsp3) is 0.929. The van der Waals surface area contributed by atoms with Crippen molar-refractivity contribution >= 4 is 5.91 Å². The molecule has 1 aliphatic carbocycles. The number of nitrogens with zero attached hydrogens (tertiary/aromatic N) is 1. The summed E-state index contributed by atoms with van der Waals surface area (Å²) in [5, 5.41) is 0. The molecule has 2 fully saturated rings. The zero-order valence-corrected chi connectivity index (χ0v) is 11.2. The number of amides is 1. The van der Waals surface area contributed by atoms with Crippen LogP contribution in [0.5, 0.6) is 0 Å². The number of hydrogen-bond donors (Lipinski definition) is 1. The van der Waals surface area contributed by atoms with Crippen molar-refractivity contribution in [1.29, 1.82) is 0 Å². The minimum absolute atomic E-state index is 0.222. The van der Waals surface area contributed by atoms with Gasteiger partial charge in [0.1, 0.15) is 0 Å². The third kappa shape index (κ3) is 2.49. The van der Waals surface area contributed by atoms with E-state index >= 15 is 0 Å². The Balaban J connectivity index is 2.03. The average Bonchev–Trinajstić information content (AvgIpc) is 2.96. The van der Waals surface area contributed by atoms with Crippen LogP contribution in [0.3, 0.4) is 0 Å². The minimum atomic E-state index is 0.222. The molecule has 0 aromatic rings. The van der Waals surface area contributed by atoms with Crippen molar-refractivity contribution in [1.82, 2.24) is 4.90 Å². The lowest BCUT2D eigenvalue weighted by atomic mass is 9.93. The fourth-order valence-corrected chi connectivity index (χ4v) is 3.62. The molecule has 2 rings (SSSR count). The van der Waals surface area contributed by atoms with E-state index in [0.717, 1.165) is 19.4 Å². The standard InChI is InChI=1S/C14H26N2O/c1-10(2)13-7-4-8-16(13)14(17)12-6-3-5-11(12)9-15/h10-13H,3-9,15H2,1-2H3/t11-,12-,13?/m1/s1. The molecule has 17 heavy (non-hydrogen) atoms. The average molecular weight is 238 g/mol. The first-order chi connectivity index (χ1) is 8.15. The van der Waals surface area contributed by atoms with Gasteiger partial charge < -0.3 is 10.6 Å². The number of nitrogens with two attached hydrogens (primary N) is 1. The van der Waals surface area contributed by atoms with Crippen LogP contribution in [0.15, 0.2) is 0 Å². The Hall–Kier alpha value is -0.570. The summed E-state index contributed by atoms with van der Waals surface area (Å²) in [6.45, 7) is 6.10. The van der Waals surface area contributed by atoms with Gasteiger partial charge in [0.05, 0.1) is 0 Å². The highest BCUT2D eigenvalue weighted by Gasteiger charge is 2.39. The van der Waals surface area contributed by atoms with Crippen LogP contribution in [0.2, 0.25) is 0 Å². The number of hydrogen-bond acceptors (Lipinski definition) is 2. The molecule has 0 bridgehead atoms. The van der Waals surface area contributed by atoms with Gasteiger partial charge in [-0.1, -0.05) is 20.3 Å². The van der Waals surface area contributed by atoms with Gasteiger partial charge in [0.2, 0.25) is 5.91 Å². The van der Waals surface area contributed by atoms with E-state index in [1.54, 1.807) is 0 Å². The van der Waals surface area contributed by atoms with Crippen molar-refractivity contribution in [2.75, 3.05) is 13.1 Å². The summed E-state index contributed by atoms with van der Waals surface area (Å²) in [6.07, 6.45) is 5.74. The van der Waals surface area contributed by atoms with Crippen LogP contribution in [0.4, 0.5) is 0 Å². The Labute approximate surface area is 105 Å². The van der Waals surface area contributed by atoms with Crippen LogP contribution in [0.1, 0.15) is 46.0 Å². The zero-order chi connectivity index (χ0) is 12.4. The van der Waals surface area contributed by atoms with E-state index in [-0.39, 0.29) is 5.92 Å². The molecule has 3 atom stereocenters. The fourth-order valence-electron chi connectivity index (χ4n) is 3.62. The Morgan fingerprint density at radius 1 is 1.29 bits per heavy atom. The van der Waals surface area contributed by atoms with E-state index in [1.165, 1.54) is 19.3 Å². The number of carbonyl (C=O) groups is 1. The van der Waals surface area contributed by atoms with Crippen LogP contribution in [-0.2, 0) is 4.79 Å². The van der Waals surface area contributed by atoms with E-state index in [2.05, 4.69) is 18.7 Å². The molecule has 0 aromatic heterocycles. The molecule has 98 valence electrons. The maximum absolute atomic E-state index is 12.6. The summed E-state index contributed by atoms with van der Waals surface area (Å²) in [4.78, 5) is 14.8. The Morgan fingerprint density at radius 3 is 2.71 bits per heavy atom. The molecule has 1 unspecified atom stereocenters. The minimum Gasteiger partial charge on any atom is -0.339 e. The Kier molecular flexibility index (Phi) is 4.08. The first-order valence-corrected chi connectivity index (χ1v) is 7.15. The van der Waals surface area contributed by atoms with Crippen molar-refractivity contribution in [2.45, 2.75) is 52.0 Å². The molecule has 0 radical (unpaired) electrons. The van der Waals surface area contributed by atoms with E-state index in [4.69, 9.17) is 5.73 Å². The van der Waals surface area contributed by atoms with Gasteiger partial charge in [-0.2, -0.15) is 0 Å². The summed E-state index contributed by atoms with van der Waals surface area (Å²) < 4.78 is 0. The molecule has 2 aliphatic rings. The van der Waals surface area contributed by atoms with Gasteiger partial charge in [0.15, 0.2) is 0 Å². The predicted octanol–water partition coefficient (Wildman–Crippen LogP) is 2.01. The SMILES string of the molecule is CC(C)C1CCCN1C(=O)[C@@H]1CCC[C@@H]1CN. The molecule has 1 aliphatic heterocycles. The van der Waals surface area contributed by atoms with E-state index in [9.17, 15) is 4.79 Å². The van der Waals surface area contributed by atoms with Crippen molar-refractivity contribution < 1.29 is 4.79 Å². The zero-order valence-electron chi connectivity index (χ0n) is 11.2. The van der Waals surface area contributed by atoms with Gasteiger partial charge in [0.25, 0.3) is 0 Å². The van der Waals surface area contributed by atoms with Crippen LogP contribution >= 0.6 is 0 Å². The van der Waals surface area contributed by atoms with E-state index < -0.39 is 0 Å². The number of carbonyl (C=O) groups excluding carboxylic acids is 1. The molecule has 1 saturated carbocycles. The summed E-state index contributed by atoms with van der Waals surface area (Å²) >= 11 is 0. The maximum atomic E-state index is 12.6. The lowest BCUT2D eigenvalue weighted by Gasteiger charge is -2.31. The van der Waals surface area contributed by atoms with Gasteiger partial charge in [0, 0.05) is 18.5 Å². The van der Waals surface area contributed by atoms with Gasteiger partial charge in [-0.3, -0.25) is 4.79 Å². The van der Waals surface area contributed by atoms with E-state index in [1.807, 2.05) is 0 Å². The number of rotatable bonds is 3. The van der Waals surface area contributed by atoms with Crippen LogP contribution in [0, 0.1) is 17.8 Å². The second-order valence-corrected chi connectivity index (χ2v) is 6.02. The molecular weight excluding hydrogens is 212 g/mol. The topological polar surface area (TPSA) is 46.3 Å². The molecule has 3 nitrogen and oxygen atoms in total. The smallest absolute Gasteiger partial charge is 0.226 e. The normalized spacial score (nSPS) is 33.6. The monoisotopic (exact) mass is 238 g/mol. The van der Waals surface area contributed by atoms with E-state index in [0.29, 0.717) is 30.3 Å². The largest absolute Gasteiger partial charge is 0.339 e. The van der Waals surface area contributed by atoms with Crippen molar-refractivity contribution in [3.63, 3.8) is 0 Å². The Bertz CT molecular complexity index is 277. The first-order valence-electron chi connectivity index (χ1n) is 7.15. The van der Waals surface area contributed by atoms with Crippen LogP contribution < -0.4 is 5.73 Å². The second kappa shape index (κ2) is 5.38. The first kappa shape index (κ1) is 12.9. The molecule has 2 N–H and O–H groups in total. The van der Waals surface area contributed by atoms with Crippen molar-refractivity contribution in [3.8, 4) is 0 Å². The molecule has 0 aromatic carbocycles. The van der Waals surface area contributed by atoms with Crippen LogP contribution in [0.25, 0.3) is 0 Å². The van der Waals surface area contributed by atoms with Gasteiger partial charge in [-0.05, 0) is 44.1 Å². The molecule has 1 saturated heterocycles. The predicted molar refractivity (Wildman–Crippen MR) is 69.5 cm³/mol. The highest BCUT2D eigenvalue weighted by Crippen LogP contribution is 2.35. The molecule has 1 amide bonds. The second-order valence-electron chi connectivity index (χ2n) is 6.02. The third-order valence-corrected chi connectivity index (χ3v) is 4.63.